The van der Waals surface area contributed by atoms with Crippen molar-refractivity contribution < 1.29 is 22.1 Å². The first kappa shape index (κ1) is 25.5. The largest absolute Gasteiger partial charge is 0.598 e. The number of benzene rings is 2. The first-order chi connectivity index (χ1) is 15.3. The molecule has 0 spiro atoms. The van der Waals surface area contributed by atoms with E-state index in [1.54, 1.807) is 51.1 Å². The second-order valence-corrected chi connectivity index (χ2v) is 11.0. The number of rotatable bonds is 6. The van der Waals surface area contributed by atoms with E-state index in [-0.39, 0.29) is 17.7 Å². The van der Waals surface area contributed by atoms with Crippen LogP contribution in [0.5, 0.6) is 0 Å². The highest BCUT2D eigenvalue weighted by Crippen LogP contribution is 2.39. The van der Waals surface area contributed by atoms with Crippen molar-refractivity contribution in [1.82, 2.24) is 9.71 Å². The smallest absolute Gasteiger partial charge is 0.416 e. The van der Waals surface area contributed by atoms with Crippen LogP contribution in [-0.2, 0) is 29.5 Å². The molecule has 0 aliphatic rings. The van der Waals surface area contributed by atoms with E-state index in [0.717, 1.165) is 17.7 Å². The standard InChI is InChI=1S/C24H23ClF4N2OS/c1-22(2,3)33(32)31-23(14-16-7-5-4-6-8-16,21-10-9-19(25)15-30-21)17-11-18(24(27,28)29)13-20(26)12-17/h4-13,15,31H,14H2,1-3H3/t23-,33?/m0/s1. The van der Waals surface area contributed by atoms with Gasteiger partial charge in [-0.2, -0.15) is 13.2 Å². The van der Waals surface area contributed by atoms with Gasteiger partial charge in [-0.05, 0) is 62.2 Å². The van der Waals surface area contributed by atoms with E-state index in [1.807, 2.05) is 0 Å². The summed E-state index contributed by atoms with van der Waals surface area (Å²) in [6.07, 6.45) is -3.36. The third-order valence-corrected chi connectivity index (χ3v) is 6.89. The molecule has 2 aromatic carbocycles. The van der Waals surface area contributed by atoms with Gasteiger partial charge in [-0.1, -0.05) is 41.9 Å². The Hall–Kier alpha value is -2.13. The lowest BCUT2D eigenvalue weighted by Crippen LogP contribution is -2.53. The van der Waals surface area contributed by atoms with Crippen molar-refractivity contribution in [2.75, 3.05) is 0 Å². The molecule has 33 heavy (non-hydrogen) atoms. The molecular formula is C24H23ClF4N2OS. The van der Waals surface area contributed by atoms with E-state index in [4.69, 9.17) is 11.6 Å². The van der Waals surface area contributed by atoms with Crippen LogP contribution in [0.4, 0.5) is 17.6 Å². The third-order valence-electron chi connectivity index (χ3n) is 5.02. The second kappa shape index (κ2) is 9.62. The average Bonchev–Trinajstić information content (AvgIpc) is 2.72. The summed E-state index contributed by atoms with van der Waals surface area (Å²) in [6.45, 7) is 5.18. The maximum absolute atomic E-state index is 14.5. The highest BCUT2D eigenvalue weighted by molar-refractivity contribution is 7.90. The van der Waals surface area contributed by atoms with Gasteiger partial charge in [-0.25, -0.2) is 4.39 Å². The van der Waals surface area contributed by atoms with Crippen LogP contribution in [0.2, 0.25) is 5.02 Å². The van der Waals surface area contributed by atoms with Crippen molar-refractivity contribution in [3.63, 3.8) is 0 Å². The Bertz CT molecular complexity index is 1090. The highest BCUT2D eigenvalue weighted by atomic mass is 35.5. The zero-order chi connectivity index (χ0) is 24.4. The van der Waals surface area contributed by atoms with E-state index in [2.05, 4.69) is 9.71 Å². The maximum Gasteiger partial charge on any atom is 0.416 e. The van der Waals surface area contributed by atoms with Crippen LogP contribution in [0.1, 0.15) is 43.2 Å². The molecule has 0 radical (unpaired) electrons. The van der Waals surface area contributed by atoms with Gasteiger partial charge in [0.1, 0.15) is 16.1 Å². The van der Waals surface area contributed by atoms with Gasteiger partial charge in [0.15, 0.2) is 0 Å². The number of nitrogens with one attached hydrogen (secondary N) is 1. The van der Waals surface area contributed by atoms with Crippen LogP contribution < -0.4 is 4.72 Å². The van der Waals surface area contributed by atoms with Crippen molar-refractivity contribution in [1.29, 1.82) is 0 Å². The van der Waals surface area contributed by atoms with Crippen LogP contribution in [0.25, 0.3) is 0 Å². The molecule has 0 saturated heterocycles. The summed E-state index contributed by atoms with van der Waals surface area (Å²) >= 11 is 4.26. The minimum Gasteiger partial charge on any atom is -0.598 e. The first-order valence-corrected chi connectivity index (χ1v) is 11.6. The molecule has 2 atom stereocenters. The monoisotopic (exact) mass is 498 g/mol. The summed E-state index contributed by atoms with van der Waals surface area (Å²) in [7, 11) is 0. The highest BCUT2D eigenvalue weighted by Gasteiger charge is 2.45. The average molecular weight is 499 g/mol. The Morgan fingerprint density at radius 1 is 0.970 bits per heavy atom. The number of hydrogen-bond donors (Lipinski definition) is 1. The van der Waals surface area contributed by atoms with Crippen LogP contribution >= 0.6 is 11.6 Å². The Morgan fingerprint density at radius 2 is 1.61 bits per heavy atom. The molecule has 1 N–H and O–H groups in total. The quantitative estimate of drug-likeness (QED) is 0.314. The van der Waals surface area contributed by atoms with E-state index < -0.39 is 39.2 Å². The molecule has 1 unspecified atom stereocenters. The summed E-state index contributed by atoms with van der Waals surface area (Å²) in [5.41, 5.74) is -1.76. The van der Waals surface area contributed by atoms with E-state index in [1.165, 1.54) is 18.3 Å². The van der Waals surface area contributed by atoms with E-state index >= 15 is 0 Å². The van der Waals surface area contributed by atoms with Crippen molar-refractivity contribution in [2.45, 2.75) is 43.7 Å². The minimum atomic E-state index is -4.77. The Kier molecular flexibility index (Phi) is 7.43. The molecule has 3 rings (SSSR count). The summed E-state index contributed by atoms with van der Waals surface area (Å²) in [5.74, 6) is -1.06. The van der Waals surface area contributed by atoms with Gasteiger partial charge >= 0.3 is 6.18 Å². The second-order valence-electron chi connectivity index (χ2n) is 8.64. The van der Waals surface area contributed by atoms with Gasteiger partial charge in [-0.3, -0.25) is 4.98 Å². The molecule has 176 valence electrons. The summed E-state index contributed by atoms with van der Waals surface area (Å²) in [4.78, 5) is 4.35. The first-order valence-electron chi connectivity index (χ1n) is 10.1. The van der Waals surface area contributed by atoms with Gasteiger partial charge in [0.05, 0.1) is 16.3 Å². The molecule has 0 bridgehead atoms. The van der Waals surface area contributed by atoms with Gasteiger partial charge in [0, 0.05) is 24.0 Å². The maximum atomic E-state index is 14.5. The normalized spacial score (nSPS) is 15.2. The van der Waals surface area contributed by atoms with Crippen LogP contribution in [0.15, 0.2) is 66.9 Å². The lowest BCUT2D eigenvalue weighted by Gasteiger charge is -2.38. The Morgan fingerprint density at radius 3 is 2.15 bits per heavy atom. The van der Waals surface area contributed by atoms with E-state index in [9.17, 15) is 22.1 Å². The van der Waals surface area contributed by atoms with Crippen molar-refractivity contribution in [3.8, 4) is 0 Å². The van der Waals surface area contributed by atoms with Crippen molar-refractivity contribution in [2.24, 2.45) is 0 Å². The van der Waals surface area contributed by atoms with Crippen molar-refractivity contribution >= 4 is 23.0 Å². The minimum absolute atomic E-state index is 0.0499. The molecule has 9 heteroatoms. The molecule has 3 nitrogen and oxygen atoms in total. The molecule has 0 fully saturated rings. The zero-order valence-corrected chi connectivity index (χ0v) is 19.8. The number of pyridine rings is 1. The number of hydrogen-bond acceptors (Lipinski definition) is 3. The number of aromatic nitrogens is 1. The number of halogens is 5. The predicted octanol–water partition coefficient (Wildman–Crippen LogP) is 6.43. The van der Waals surface area contributed by atoms with Crippen LogP contribution in [0.3, 0.4) is 0 Å². The number of alkyl halides is 3. The van der Waals surface area contributed by atoms with Gasteiger partial charge < -0.3 is 4.55 Å². The Balaban J connectivity index is 2.33. The topological polar surface area (TPSA) is 48.0 Å². The summed E-state index contributed by atoms with van der Waals surface area (Å²) in [5, 5.41) is 0.319. The fourth-order valence-electron chi connectivity index (χ4n) is 3.33. The molecule has 1 aromatic heterocycles. The molecule has 0 saturated carbocycles. The molecular weight excluding hydrogens is 476 g/mol. The molecule has 3 aromatic rings. The van der Waals surface area contributed by atoms with Crippen molar-refractivity contribution in [3.05, 3.63) is 100 Å². The lowest BCUT2D eigenvalue weighted by atomic mass is 9.81. The molecule has 0 aliphatic heterocycles. The van der Waals surface area contributed by atoms with Gasteiger partial charge in [0.2, 0.25) is 0 Å². The fourth-order valence-corrected chi connectivity index (χ4v) is 4.36. The van der Waals surface area contributed by atoms with E-state index in [0.29, 0.717) is 11.1 Å². The third kappa shape index (κ3) is 6.06. The predicted molar refractivity (Wildman–Crippen MR) is 123 cm³/mol. The lowest BCUT2D eigenvalue weighted by molar-refractivity contribution is -0.137. The zero-order valence-electron chi connectivity index (χ0n) is 18.2. The SMILES string of the molecule is CC(C)(C)[S+]([O-])N[C@@](Cc1ccccc1)(c1cc(F)cc(C(F)(F)F)c1)c1ccc(Cl)cn1. The van der Waals surface area contributed by atoms with Gasteiger partial charge in [-0.15, -0.1) is 4.72 Å². The molecule has 0 amide bonds. The number of nitrogens with zero attached hydrogens (tertiary/aromatic N) is 1. The van der Waals surface area contributed by atoms with Crippen LogP contribution in [-0.4, -0.2) is 14.3 Å². The summed E-state index contributed by atoms with van der Waals surface area (Å²) in [6, 6.07) is 14.3. The molecule has 0 aliphatic carbocycles. The molecule has 1 heterocycles. The fraction of sp³-hybridized carbons (Fsp3) is 0.292. The van der Waals surface area contributed by atoms with Crippen LogP contribution in [0, 0.1) is 5.82 Å². The summed E-state index contributed by atoms with van der Waals surface area (Å²) < 4.78 is 70.8. The Labute approximate surface area is 198 Å². The van der Waals surface area contributed by atoms with Gasteiger partial charge in [0.25, 0.3) is 0 Å².